The van der Waals surface area contributed by atoms with E-state index < -0.39 is 11.9 Å². The number of hydrogen-bond acceptors (Lipinski definition) is 3. The summed E-state index contributed by atoms with van der Waals surface area (Å²) in [6, 6.07) is 7.04. The summed E-state index contributed by atoms with van der Waals surface area (Å²) < 4.78 is 5.06. The normalized spacial score (nSPS) is 21.4. The molecule has 1 aliphatic rings. The van der Waals surface area contributed by atoms with Crippen molar-refractivity contribution < 1.29 is 19.4 Å². The molecule has 108 valence electrons. The van der Waals surface area contributed by atoms with E-state index in [0.29, 0.717) is 6.42 Å². The zero-order chi connectivity index (χ0) is 14.5. The van der Waals surface area contributed by atoms with Crippen molar-refractivity contribution in [2.45, 2.75) is 31.7 Å². The molecule has 0 aromatic heterocycles. The first-order chi connectivity index (χ1) is 9.60. The second kappa shape index (κ2) is 6.41. The van der Waals surface area contributed by atoms with E-state index in [1.807, 2.05) is 12.1 Å². The van der Waals surface area contributed by atoms with Crippen LogP contribution in [-0.4, -0.2) is 30.1 Å². The molecule has 0 radical (unpaired) electrons. The van der Waals surface area contributed by atoms with Gasteiger partial charge >= 0.3 is 5.97 Å². The Bertz CT molecular complexity index is 483. The molecule has 20 heavy (non-hydrogen) atoms. The lowest BCUT2D eigenvalue weighted by Gasteiger charge is -2.17. The predicted octanol–water partition coefficient (Wildman–Crippen LogP) is 1.61. The van der Waals surface area contributed by atoms with Crippen LogP contribution in [0.5, 0.6) is 5.75 Å². The number of ether oxygens (including phenoxy) is 1. The number of carbonyl (C=O) groups excluding carboxylic acids is 1. The molecule has 1 aromatic rings. The van der Waals surface area contributed by atoms with Gasteiger partial charge in [-0.05, 0) is 30.5 Å². The van der Waals surface area contributed by atoms with Gasteiger partial charge in [0.2, 0.25) is 5.91 Å². The van der Waals surface area contributed by atoms with Crippen LogP contribution in [0.25, 0.3) is 0 Å². The highest BCUT2D eigenvalue weighted by Crippen LogP contribution is 2.25. The molecule has 2 N–H and O–H groups in total. The van der Waals surface area contributed by atoms with Crippen molar-refractivity contribution in [2.24, 2.45) is 5.92 Å². The highest BCUT2D eigenvalue weighted by atomic mass is 16.5. The Morgan fingerprint density at radius 3 is 2.60 bits per heavy atom. The number of carboxylic acids is 1. The van der Waals surface area contributed by atoms with Crippen LogP contribution in [0, 0.1) is 5.92 Å². The lowest BCUT2D eigenvalue weighted by molar-refractivity contribution is -0.142. The zero-order valence-electron chi connectivity index (χ0n) is 11.5. The summed E-state index contributed by atoms with van der Waals surface area (Å²) in [6.45, 7) is 0. The number of aliphatic carboxylic acids is 1. The topological polar surface area (TPSA) is 75.6 Å². The fourth-order valence-electron chi connectivity index (χ4n) is 2.61. The van der Waals surface area contributed by atoms with Crippen LogP contribution in [0.1, 0.15) is 24.8 Å². The lowest BCUT2D eigenvalue weighted by atomic mass is 10.0. The van der Waals surface area contributed by atoms with Gasteiger partial charge < -0.3 is 15.2 Å². The van der Waals surface area contributed by atoms with Crippen molar-refractivity contribution in [3.05, 3.63) is 29.8 Å². The van der Waals surface area contributed by atoms with E-state index in [4.69, 9.17) is 9.84 Å². The van der Waals surface area contributed by atoms with Crippen LogP contribution in [0.4, 0.5) is 0 Å². The molecule has 5 nitrogen and oxygen atoms in total. The summed E-state index contributed by atoms with van der Waals surface area (Å²) in [5.74, 6) is -0.656. The van der Waals surface area contributed by atoms with Gasteiger partial charge in [-0.25, -0.2) is 0 Å². The zero-order valence-corrected chi connectivity index (χ0v) is 11.5. The number of rotatable bonds is 5. The Morgan fingerprint density at radius 2 is 2.00 bits per heavy atom. The molecule has 0 heterocycles. The monoisotopic (exact) mass is 277 g/mol. The van der Waals surface area contributed by atoms with E-state index in [1.165, 1.54) is 0 Å². The van der Waals surface area contributed by atoms with Crippen LogP contribution in [0.15, 0.2) is 24.3 Å². The molecule has 2 rings (SSSR count). The maximum atomic E-state index is 12.0. The number of hydrogen-bond donors (Lipinski definition) is 2. The first-order valence-corrected chi connectivity index (χ1v) is 6.75. The van der Waals surface area contributed by atoms with Crippen molar-refractivity contribution in [2.75, 3.05) is 7.11 Å². The highest BCUT2D eigenvalue weighted by molar-refractivity contribution is 5.80. The van der Waals surface area contributed by atoms with Gasteiger partial charge in [0.15, 0.2) is 0 Å². The van der Waals surface area contributed by atoms with Crippen LogP contribution in [-0.2, 0) is 16.0 Å². The smallest absolute Gasteiger partial charge is 0.308 e. The van der Waals surface area contributed by atoms with Gasteiger partial charge in [-0.15, -0.1) is 0 Å². The first-order valence-electron chi connectivity index (χ1n) is 6.75. The quantitative estimate of drug-likeness (QED) is 0.857. The van der Waals surface area contributed by atoms with E-state index in [2.05, 4.69) is 5.32 Å². The number of benzene rings is 1. The Balaban J connectivity index is 1.90. The van der Waals surface area contributed by atoms with Gasteiger partial charge in [-0.2, -0.15) is 0 Å². The molecule has 0 aliphatic heterocycles. The average Bonchev–Trinajstić information content (AvgIpc) is 2.87. The van der Waals surface area contributed by atoms with Crippen LogP contribution >= 0.6 is 0 Å². The minimum Gasteiger partial charge on any atom is -0.497 e. The molecule has 0 bridgehead atoms. The molecular formula is C15H19NO4. The fourth-order valence-corrected chi connectivity index (χ4v) is 2.61. The van der Waals surface area contributed by atoms with Gasteiger partial charge in [-0.3, -0.25) is 9.59 Å². The SMILES string of the molecule is COc1ccc(CC(=O)NC2CCCC2C(=O)O)cc1. The van der Waals surface area contributed by atoms with Crippen LogP contribution < -0.4 is 10.1 Å². The van der Waals surface area contributed by atoms with E-state index in [9.17, 15) is 9.59 Å². The van der Waals surface area contributed by atoms with Crippen molar-refractivity contribution in [1.29, 1.82) is 0 Å². The Kier molecular flexibility index (Phi) is 4.61. The third-order valence-corrected chi connectivity index (χ3v) is 3.70. The largest absolute Gasteiger partial charge is 0.497 e. The molecule has 5 heteroatoms. The van der Waals surface area contributed by atoms with E-state index in [0.717, 1.165) is 24.2 Å². The second-order valence-electron chi connectivity index (χ2n) is 5.07. The summed E-state index contributed by atoms with van der Waals surface area (Å²) in [6.07, 6.45) is 2.49. The third kappa shape index (κ3) is 3.50. The van der Waals surface area contributed by atoms with Crippen molar-refractivity contribution >= 4 is 11.9 Å². The molecule has 2 unspecified atom stereocenters. The molecule has 1 aliphatic carbocycles. The highest BCUT2D eigenvalue weighted by Gasteiger charge is 2.33. The van der Waals surface area contributed by atoms with Gasteiger partial charge in [0.1, 0.15) is 5.75 Å². The van der Waals surface area contributed by atoms with E-state index in [1.54, 1.807) is 19.2 Å². The molecule has 1 amide bonds. The number of nitrogens with one attached hydrogen (secondary N) is 1. The lowest BCUT2D eigenvalue weighted by Crippen LogP contribution is -2.40. The summed E-state index contributed by atoms with van der Waals surface area (Å²) >= 11 is 0. The number of carbonyl (C=O) groups is 2. The summed E-state index contributed by atoms with van der Waals surface area (Å²) in [5, 5.41) is 11.9. The minimum atomic E-state index is -0.822. The molecule has 0 saturated heterocycles. The molecular weight excluding hydrogens is 258 g/mol. The predicted molar refractivity (Wildman–Crippen MR) is 73.6 cm³/mol. The van der Waals surface area contributed by atoms with Gasteiger partial charge in [0, 0.05) is 6.04 Å². The summed E-state index contributed by atoms with van der Waals surface area (Å²) in [5.41, 5.74) is 0.883. The standard InChI is InChI=1S/C15H19NO4/c1-20-11-7-5-10(6-8-11)9-14(17)16-13-4-2-3-12(13)15(18)19/h5-8,12-13H,2-4,9H2,1H3,(H,16,17)(H,18,19). The minimum absolute atomic E-state index is 0.131. The van der Waals surface area contributed by atoms with E-state index in [-0.39, 0.29) is 18.4 Å². The molecule has 1 saturated carbocycles. The fraction of sp³-hybridized carbons (Fsp3) is 0.467. The van der Waals surface area contributed by atoms with Crippen LogP contribution in [0.3, 0.4) is 0 Å². The van der Waals surface area contributed by atoms with Crippen molar-refractivity contribution in [3.63, 3.8) is 0 Å². The molecule has 2 atom stereocenters. The molecule has 0 spiro atoms. The van der Waals surface area contributed by atoms with Crippen molar-refractivity contribution in [3.8, 4) is 5.75 Å². The second-order valence-corrected chi connectivity index (χ2v) is 5.07. The number of methoxy groups -OCH3 is 1. The molecule has 1 fully saturated rings. The van der Waals surface area contributed by atoms with Gasteiger partial charge in [0.25, 0.3) is 0 Å². The average molecular weight is 277 g/mol. The van der Waals surface area contributed by atoms with E-state index >= 15 is 0 Å². The van der Waals surface area contributed by atoms with Crippen molar-refractivity contribution in [1.82, 2.24) is 5.32 Å². The number of amides is 1. The maximum absolute atomic E-state index is 12.0. The summed E-state index contributed by atoms with van der Waals surface area (Å²) in [7, 11) is 1.59. The third-order valence-electron chi connectivity index (χ3n) is 3.70. The Morgan fingerprint density at radius 1 is 1.30 bits per heavy atom. The summed E-state index contributed by atoms with van der Waals surface area (Å²) in [4.78, 5) is 23.0. The number of carboxylic acid groups (broad SMARTS) is 1. The van der Waals surface area contributed by atoms with Gasteiger partial charge in [0.05, 0.1) is 19.4 Å². The molecule has 1 aromatic carbocycles. The Labute approximate surface area is 117 Å². The van der Waals surface area contributed by atoms with Crippen LogP contribution in [0.2, 0.25) is 0 Å². The maximum Gasteiger partial charge on any atom is 0.308 e. The first kappa shape index (κ1) is 14.4. The van der Waals surface area contributed by atoms with Gasteiger partial charge in [-0.1, -0.05) is 18.6 Å². The Hall–Kier alpha value is -2.04.